The Balaban J connectivity index is 1.54. The summed E-state index contributed by atoms with van der Waals surface area (Å²) in [5, 5.41) is 20.0. The summed E-state index contributed by atoms with van der Waals surface area (Å²) in [6, 6.07) is 39.6. The summed E-state index contributed by atoms with van der Waals surface area (Å²) in [6.45, 7) is 1.98. The maximum Gasteiger partial charge on any atom is 0.206 e. The molecule has 0 radical (unpaired) electrons. The Morgan fingerprint density at radius 3 is 1.13 bits per heavy atom. The van der Waals surface area contributed by atoms with Crippen LogP contribution in [0.1, 0.15) is 24.0 Å². The summed E-state index contributed by atoms with van der Waals surface area (Å²) >= 11 is 0. The molecule has 0 fully saturated rings. The number of phenolic OH excluding ortho intramolecular Hbond substituents is 2. The lowest BCUT2D eigenvalue weighted by atomic mass is 9.83. The normalized spacial score (nSPS) is 11.9. The van der Waals surface area contributed by atoms with Crippen LogP contribution in [0.2, 0.25) is 0 Å². The Morgan fingerprint density at radius 2 is 0.783 bits per heavy atom. The molecule has 0 aliphatic carbocycles. The molecule has 0 amide bonds. The first-order chi connectivity index (χ1) is 22.1. The van der Waals surface area contributed by atoms with Gasteiger partial charge in [-0.1, -0.05) is 79.7 Å². The summed E-state index contributed by atoms with van der Waals surface area (Å²) < 4.78 is 54.5. The van der Waals surface area contributed by atoms with E-state index in [1.54, 1.807) is 146 Å². The molecule has 0 aromatic heterocycles. The minimum Gasteiger partial charge on any atom is -0.508 e. The van der Waals surface area contributed by atoms with Gasteiger partial charge in [0, 0.05) is 5.92 Å². The molecule has 0 atom stereocenters. The van der Waals surface area contributed by atoms with Crippen LogP contribution in [-0.4, -0.2) is 27.0 Å². The fraction of sp³-hybridized carbons (Fsp3) is 0.0526. The zero-order valence-corrected chi connectivity index (χ0v) is 26.4. The van der Waals surface area contributed by atoms with E-state index in [1.165, 1.54) is 0 Å². The lowest BCUT2D eigenvalue weighted by Gasteiger charge is -2.22. The number of phenols is 2. The molecule has 0 saturated heterocycles. The fourth-order valence-corrected chi connectivity index (χ4v) is 8.20. The van der Waals surface area contributed by atoms with Gasteiger partial charge in [-0.3, -0.25) is 0 Å². The van der Waals surface area contributed by atoms with E-state index in [0.29, 0.717) is 22.3 Å². The standard InChI is InChI=1S/C38H30O6S2/c1-26(35-22-20-33(45(41,42)31-8-4-2-5-9-31)24-37(35)27-12-16-29(39)17-13-27)36-23-21-34(46(43,44)32-10-6-3-7-11-32)25-38(36)28-14-18-30(40)19-15-28/h2-26,39-40H,1H3. The van der Waals surface area contributed by atoms with Crippen molar-refractivity contribution >= 4 is 19.7 Å². The second-order valence-electron chi connectivity index (χ2n) is 10.9. The summed E-state index contributed by atoms with van der Waals surface area (Å²) in [4.78, 5) is 0.608. The fourth-order valence-electron chi connectivity index (χ4n) is 5.58. The summed E-state index contributed by atoms with van der Waals surface area (Å²) in [6.07, 6.45) is 0. The third-order valence-electron chi connectivity index (χ3n) is 8.07. The second kappa shape index (κ2) is 12.3. The van der Waals surface area contributed by atoms with Crippen molar-refractivity contribution in [1.29, 1.82) is 0 Å². The summed E-state index contributed by atoms with van der Waals surface area (Å²) in [5.41, 5.74) is 4.33. The van der Waals surface area contributed by atoms with Crippen LogP contribution in [0.3, 0.4) is 0 Å². The van der Waals surface area contributed by atoms with Crippen LogP contribution < -0.4 is 0 Å². The Hall–Kier alpha value is -5.18. The topological polar surface area (TPSA) is 109 Å². The van der Waals surface area contributed by atoms with Crippen molar-refractivity contribution in [3.63, 3.8) is 0 Å². The third-order valence-corrected chi connectivity index (χ3v) is 11.6. The average molecular weight is 647 g/mol. The average Bonchev–Trinajstić information content (AvgIpc) is 3.09. The Morgan fingerprint density at radius 1 is 0.435 bits per heavy atom. The van der Waals surface area contributed by atoms with Gasteiger partial charge in [0.1, 0.15) is 11.5 Å². The van der Waals surface area contributed by atoms with Crippen LogP contribution in [0, 0.1) is 0 Å². The number of sulfone groups is 2. The molecule has 0 bridgehead atoms. The molecular weight excluding hydrogens is 617 g/mol. The number of hydrogen-bond acceptors (Lipinski definition) is 6. The van der Waals surface area contributed by atoms with Gasteiger partial charge in [-0.15, -0.1) is 0 Å². The molecule has 6 nitrogen and oxygen atoms in total. The van der Waals surface area contributed by atoms with Crippen molar-refractivity contribution in [1.82, 2.24) is 0 Å². The van der Waals surface area contributed by atoms with Crippen LogP contribution >= 0.6 is 0 Å². The highest BCUT2D eigenvalue weighted by molar-refractivity contribution is 7.91. The molecule has 0 heterocycles. The van der Waals surface area contributed by atoms with Crippen LogP contribution in [0.25, 0.3) is 22.3 Å². The molecular formula is C38H30O6S2. The summed E-state index contributed by atoms with van der Waals surface area (Å²) in [5.74, 6) is -0.179. The van der Waals surface area contributed by atoms with E-state index in [-0.39, 0.29) is 37.0 Å². The molecule has 0 aliphatic rings. The summed E-state index contributed by atoms with van der Waals surface area (Å²) in [7, 11) is -7.66. The molecule has 6 aromatic carbocycles. The Labute approximate surface area is 268 Å². The van der Waals surface area contributed by atoms with Crippen molar-refractivity contribution in [3.05, 3.63) is 157 Å². The highest BCUT2D eigenvalue weighted by Gasteiger charge is 2.25. The number of rotatable bonds is 8. The number of benzene rings is 6. The molecule has 8 heteroatoms. The molecule has 0 saturated carbocycles. The van der Waals surface area contributed by atoms with Crippen molar-refractivity contribution in [2.45, 2.75) is 32.4 Å². The van der Waals surface area contributed by atoms with Crippen LogP contribution in [0.4, 0.5) is 0 Å². The van der Waals surface area contributed by atoms with Gasteiger partial charge in [-0.2, -0.15) is 0 Å². The first kappa shape index (κ1) is 30.8. The van der Waals surface area contributed by atoms with E-state index in [1.807, 2.05) is 6.92 Å². The first-order valence-corrected chi connectivity index (χ1v) is 17.5. The molecule has 46 heavy (non-hydrogen) atoms. The highest BCUT2D eigenvalue weighted by atomic mass is 32.2. The molecule has 6 rings (SSSR count). The minimum atomic E-state index is -3.83. The maximum atomic E-state index is 13.6. The highest BCUT2D eigenvalue weighted by Crippen LogP contribution is 2.41. The SMILES string of the molecule is CC(c1ccc(S(=O)(=O)c2ccccc2)cc1-c1ccc(O)cc1)c1ccc(S(=O)(=O)c2ccccc2)cc1-c1ccc(O)cc1. The van der Waals surface area contributed by atoms with Crippen LogP contribution in [0.5, 0.6) is 11.5 Å². The molecule has 230 valence electrons. The van der Waals surface area contributed by atoms with E-state index in [0.717, 1.165) is 11.1 Å². The van der Waals surface area contributed by atoms with E-state index < -0.39 is 19.7 Å². The van der Waals surface area contributed by atoms with Crippen molar-refractivity contribution in [3.8, 4) is 33.8 Å². The van der Waals surface area contributed by atoms with Gasteiger partial charge in [0.25, 0.3) is 0 Å². The zero-order valence-electron chi connectivity index (χ0n) is 24.8. The molecule has 0 unspecified atom stereocenters. The zero-order chi connectivity index (χ0) is 32.5. The molecule has 2 N–H and O–H groups in total. The third kappa shape index (κ3) is 5.92. The van der Waals surface area contributed by atoms with Gasteiger partial charge in [-0.25, -0.2) is 16.8 Å². The van der Waals surface area contributed by atoms with Crippen molar-refractivity contribution in [2.24, 2.45) is 0 Å². The van der Waals surface area contributed by atoms with Crippen molar-refractivity contribution < 1.29 is 27.0 Å². The van der Waals surface area contributed by atoms with Gasteiger partial charge in [0.2, 0.25) is 19.7 Å². The molecule has 0 spiro atoms. The first-order valence-electron chi connectivity index (χ1n) is 14.5. The van der Waals surface area contributed by atoms with Gasteiger partial charge in [0.15, 0.2) is 0 Å². The lowest BCUT2D eigenvalue weighted by Crippen LogP contribution is -2.07. The van der Waals surface area contributed by atoms with Crippen molar-refractivity contribution in [2.75, 3.05) is 0 Å². The number of aromatic hydroxyl groups is 2. The van der Waals surface area contributed by atoms with Gasteiger partial charge in [-0.05, 0) is 106 Å². The molecule has 0 aliphatic heterocycles. The second-order valence-corrected chi connectivity index (χ2v) is 14.8. The van der Waals surface area contributed by atoms with E-state index in [9.17, 15) is 27.0 Å². The number of hydrogen-bond donors (Lipinski definition) is 2. The van der Waals surface area contributed by atoms with Gasteiger partial charge >= 0.3 is 0 Å². The molecule has 6 aromatic rings. The van der Waals surface area contributed by atoms with Crippen LogP contribution in [-0.2, 0) is 19.7 Å². The Kier molecular flexibility index (Phi) is 8.25. The predicted octanol–water partition coefficient (Wildman–Crippen LogP) is 8.25. The Bertz CT molecular complexity index is 2070. The van der Waals surface area contributed by atoms with E-state index in [4.69, 9.17) is 0 Å². The monoisotopic (exact) mass is 646 g/mol. The quantitative estimate of drug-likeness (QED) is 0.172. The lowest BCUT2D eigenvalue weighted by molar-refractivity contribution is 0.475. The minimum absolute atomic E-state index is 0.0799. The van der Waals surface area contributed by atoms with E-state index in [2.05, 4.69) is 0 Å². The van der Waals surface area contributed by atoms with E-state index >= 15 is 0 Å². The maximum absolute atomic E-state index is 13.6. The predicted molar refractivity (Wildman–Crippen MR) is 178 cm³/mol. The van der Waals surface area contributed by atoms with Gasteiger partial charge in [0.05, 0.1) is 19.6 Å². The van der Waals surface area contributed by atoms with Crippen LogP contribution in [0.15, 0.2) is 165 Å². The van der Waals surface area contributed by atoms with Gasteiger partial charge < -0.3 is 10.2 Å². The largest absolute Gasteiger partial charge is 0.508 e. The smallest absolute Gasteiger partial charge is 0.206 e.